The van der Waals surface area contributed by atoms with Gasteiger partial charge in [0.25, 0.3) is 0 Å². The van der Waals surface area contributed by atoms with Crippen molar-refractivity contribution in [1.82, 2.24) is 5.32 Å². The minimum absolute atomic E-state index is 0.156. The number of hydrogen-bond donors (Lipinski definition) is 1. The Hall–Kier alpha value is -0.930. The van der Waals surface area contributed by atoms with E-state index in [1.165, 1.54) is 6.07 Å². The zero-order chi connectivity index (χ0) is 14.1. The van der Waals surface area contributed by atoms with Crippen molar-refractivity contribution in [2.45, 2.75) is 45.6 Å². The number of hydrogen-bond acceptors (Lipinski definition) is 2. The monoisotopic (exact) mass is 267 g/mol. The maximum Gasteiger partial charge on any atom is 0.123 e. The average molecular weight is 267 g/mol. The van der Waals surface area contributed by atoms with Crippen molar-refractivity contribution in [2.75, 3.05) is 19.8 Å². The summed E-state index contributed by atoms with van der Waals surface area (Å²) in [7, 11) is 0. The Bertz CT molecular complexity index is 354. The van der Waals surface area contributed by atoms with Gasteiger partial charge in [0, 0.05) is 25.8 Å². The number of halogens is 1. The van der Waals surface area contributed by atoms with E-state index in [1.807, 2.05) is 13.0 Å². The highest BCUT2D eigenvalue weighted by Gasteiger charge is 2.12. The van der Waals surface area contributed by atoms with E-state index in [-0.39, 0.29) is 5.82 Å². The highest BCUT2D eigenvalue weighted by molar-refractivity contribution is 5.21. The van der Waals surface area contributed by atoms with E-state index in [1.54, 1.807) is 12.1 Å². The first-order chi connectivity index (χ1) is 9.13. The Morgan fingerprint density at radius 2 is 2.11 bits per heavy atom. The predicted molar refractivity (Wildman–Crippen MR) is 78.0 cm³/mol. The van der Waals surface area contributed by atoms with E-state index in [0.29, 0.717) is 12.0 Å². The molecule has 108 valence electrons. The molecule has 0 aliphatic heterocycles. The second kappa shape index (κ2) is 9.05. The van der Waals surface area contributed by atoms with Crippen LogP contribution in [-0.2, 0) is 4.74 Å². The number of ether oxygens (including phenoxy) is 1. The molecular formula is C16H26FNO. The van der Waals surface area contributed by atoms with Gasteiger partial charge in [0.05, 0.1) is 0 Å². The van der Waals surface area contributed by atoms with Gasteiger partial charge in [-0.3, -0.25) is 0 Å². The average Bonchev–Trinajstić information content (AvgIpc) is 2.37. The third-order valence-electron chi connectivity index (χ3n) is 3.14. The summed E-state index contributed by atoms with van der Waals surface area (Å²) < 4.78 is 18.7. The lowest BCUT2D eigenvalue weighted by molar-refractivity contribution is 0.141. The van der Waals surface area contributed by atoms with Crippen LogP contribution in [0.25, 0.3) is 0 Å². The quantitative estimate of drug-likeness (QED) is 0.688. The van der Waals surface area contributed by atoms with E-state index in [4.69, 9.17) is 4.74 Å². The molecule has 0 aromatic heterocycles. The molecule has 1 aromatic carbocycles. The van der Waals surface area contributed by atoms with Crippen molar-refractivity contribution in [1.29, 1.82) is 0 Å². The summed E-state index contributed by atoms with van der Waals surface area (Å²) in [6, 6.07) is 7.39. The molecule has 3 heteroatoms. The van der Waals surface area contributed by atoms with Crippen molar-refractivity contribution < 1.29 is 9.13 Å². The third kappa shape index (κ3) is 6.69. The van der Waals surface area contributed by atoms with Gasteiger partial charge in [-0.1, -0.05) is 26.0 Å². The molecular weight excluding hydrogens is 241 g/mol. The highest BCUT2D eigenvalue weighted by atomic mass is 19.1. The molecule has 0 saturated heterocycles. The smallest absolute Gasteiger partial charge is 0.123 e. The molecule has 0 fully saturated rings. The number of rotatable bonds is 9. The zero-order valence-electron chi connectivity index (χ0n) is 12.3. The van der Waals surface area contributed by atoms with E-state index < -0.39 is 0 Å². The molecule has 0 aliphatic rings. The molecule has 0 amide bonds. The van der Waals surface area contributed by atoms with Crippen LogP contribution in [0.3, 0.4) is 0 Å². The van der Waals surface area contributed by atoms with Crippen LogP contribution in [0.1, 0.15) is 45.1 Å². The summed E-state index contributed by atoms with van der Waals surface area (Å²) in [5.41, 5.74) is 1.07. The normalized spacial score (nSPS) is 12.9. The van der Waals surface area contributed by atoms with E-state index in [2.05, 4.69) is 19.2 Å². The molecule has 1 rings (SSSR count). The molecule has 19 heavy (non-hydrogen) atoms. The topological polar surface area (TPSA) is 21.3 Å². The second-order valence-corrected chi connectivity index (χ2v) is 5.15. The van der Waals surface area contributed by atoms with Crippen LogP contribution in [0.15, 0.2) is 24.3 Å². The molecule has 0 heterocycles. The molecule has 2 nitrogen and oxygen atoms in total. The molecule has 1 unspecified atom stereocenters. The number of nitrogens with one attached hydrogen (secondary N) is 1. The van der Waals surface area contributed by atoms with Gasteiger partial charge in [0.15, 0.2) is 0 Å². The first-order valence-corrected chi connectivity index (χ1v) is 7.20. The van der Waals surface area contributed by atoms with Crippen molar-refractivity contribution in [3.05, 3.63) is 35.6 Å². The van der Waals surface area contributed by atoms with Crippen LogP contribution in [0.2, 0.25) is 0 Å². The van der Waals surface area contributed by atoms with Gasteiger partial charge in [-0.25, -0.2) is 4.39 Å². The molecule has 0 bridgehead atoms. The largest absolute Gasteiger partial charge is 0.382 e. The van der Waals surface area contributed by atoms with Crippen molar-refractivity contribution >= 4 is 0 Å². The fraction of sp³-hybridized carbons (Fsp3) is 0.625. The summed E-state index contributed by atoms with van der Waals surface area (Å²) in [6.45, 7) is 8.68. The van der Waals surface area contributed by atoms with Crippen LogP contribution in [-0.4, -0.2) is 25.8 Å². The van der Waals surface area contributed by atoms with Gasteiger partial charge < -0.3 is 10.1 Å². The maximum absolute atomic E-state index is 13.3. The lowest BCUT2D eigenvalue weighted by atomic mass is 9.94. The molecule has 0 saturated carbocycles. The molecule has 1 aromatic rings. The lowest BCUT2D eigenvalue weighted by Gasteiger charge is -2.20. The fourth-order valence-electron chi connectivity index (χ4n) is 2.10. The van der Waals surface area contributed by atoms with Gasteiger partial charge in [-0.2, -0.15) is 0 Å². The SMILES string of the molecule is CCOCCCC(CNC(C)C)c1cccc(F)c1. The number of benzene rings is 1. The van der Waals surface area contributed by atoms with Crippen molar-refractivity contribution in [2.24, 2.45) is 0 Å². The Kier molecular flexibility index (Phi) is 7.68. The van der Waals surface area contributed by atoms with Crippen LogP contribution < -0.4 is 5.32 Å². The van der Waals surface area contributed by atoms with Gasteiger partial charge in [0.1, 0.15) is 5.82 Å². The Labute approximate surface area is 116 Å². The maximum atomic E-state index is 13.3. The van der Waals surface area contributed by atoms with Gasteiger partial charge in [-0.15, -0.1) is 0 Å². The minimum atomic E-state index is -0.156. The molecule has 0 aliphatic carbocycles. The Balaban J connectivity index is 2.57. The van der Waals surface area contributed by atoms with Crippen LogP contribution in [0, 0.1) is 5.82 Å². The second-order valence-electron chi connectivity index (χ2n) is 5.15. The first kappa shape index (κ1) is 16.1. The molecule has 0 spiro atoms. The summed E-state index contributed by atoms with van der Waals surface area (Å²) >= 11 is 0. The highest BCUT2D eigenvalue weighted by Crippen LogP contribution is 2.21. The van der Waals surface area contributed by atoms with Gasteiger partial charge in [0.2, 0.25) is 0 Å². The van der Waals surface area contributed by atoms with Crippen LogP contribution in [0.5, 0.6) is 0 Å². The Morgan fingerprint density at radius 3 is 2.74 bits per heavy atom. The predicted octanol–water partition coefficient (Wildman–Crippen LogP) is 3.72. The third-order valence-corrected chi connectivity index (χ3v) is 3.14. The van der Waals surface area contributed by atoms with Gasteiger partial charge >= 0.3 is 0 Å². The summed E-state index contributed by atoms with van der Waals surface area (Å²) in [6.07, 6.45) is 2.03. The minimum Gasteiger partial charge on any atom is -0.382 e. The molecule has 1 N–H and O–H groups in total. The van der Waals surface area contributed by atoms with Crippen molar-refractivity contribution in [3.63, 3.8) is 0 Å². The molecule has 0 radical (unpaired) electrons. The van der Waals surface area contributed by atoms with E-state index in [9.17, 15) is 4.39 Å². The summed E-state index contributed by atoms with van der Waals surface area (Å²) in [4.78, 5) is 0. The van der Waals surface area contributed by atoms with E-state index >= 15 is 0 Å². The first-order valence-electron chi connectivity index (χ1n) is 7.20. The zero-order valence-corrected chi connectivity index (χ0v) is 12.3. The van der Waals surface area contributed by atoms with Crippen LogP contribution >= 0.6 is 0 Å². The van der Waals surface area contributed by atoms with Gasteiger partial charge in [-0.05, 0) is 43.4 Å². The standard InChI is InChI=1S/C16H26FNO/c1-4-19-10-6-8-15(12-18-13(2)3)14-7-5-9-16(17)11-14/h5,7,9,11,13,15,18H,4,6,8,10,12H2,1-3H3. The Morgan fingerprint density at radius 1 is 1.32 bits per heavy atom. The summed E-state index contributed by atoms with van der Waals surface area (Å²) in [5.74, 6) is 0.190. The summed E-state index contributed by atoms with van der Waals surface area (Å²) in [5, 5.41) is 3.44. The van der Waals surface area contributed by atoms with Crippen LogP contribution in [0.4, 0.5) is 4.39 Å². The van der Waals surface area contributed by atoms with E-state index in [0.717, 1.165) is 38.2 Å². The lowest BCUT2D eigenvalue weighted by Crippen LogP contribution is -2.28. The fourth-order valence-corrected chi connectivity index (χ4v) is 2.10. The molecule has 1 atom stereocenters. The van der Waals surface area contributed by atoms with Crippen molar-refractivity contribution in [3.8, 4) is 0 Å².